The molecule has 0 atom stereocenters. The summed E-state index contributed by atoms with van der Waals surface area (Å²) in [6.07, 6.45) is 1.59. The Labute approximate surface area is 115 Å². The quantitative estimate of drug-likeness (QED) is 0.908. The third kappa shape index (κ3) is 3.17. The zero-order valence-electron chi connectivity index (χ0n) is 10.5. The van der Waals surface area contributed by atoms with Crippen molar-refractivity contribution in [3.8, 4) is 5.75 Å². The van der Waals surface area contributed by atoms with E-state index in [2.05, 4.69) is 15.7 Å². The molecule has 100 valence electrons. The lowest BCUT2D eigenvalue weighted by Gasteiger charge is -2.11. The number of rotatable bonds is 3. The van der Waals surface area contributed by atoms with Gasteiger partial charge in [-0.3, -0.25) is 10.00 Å². The number of aryl methyl sites for hydroxylation is 1. The summed E-state index contributed by atoms with van der Waals surface area (Å²) in [5.74, 6) is 1.11. The summed E-state index contributed by atoms with van der Waals surface area (Å²) in [5.41, 5.74) is 0.495. The summed E-state index contributed by atoms with van der Waals surface area (Å²) in [4.78, 5) is 11.8. The first-order chi connectivity index (χ1) is 9.10. The van der Waals surface area contributed by atoms with Crippen LogP contribution in [-0.4, -0.2) is 22.9 Å². The van der Waals surface area contributed by atoms with E-state index in [0.29, 0.717) is 22.3 Å². The Morgan fingerprint density at radius 3 is 2.79 bits per heavy atom. The van der Waals surface area contributed by atoms with Crippen LogP contribution in [-0.2, 0) is 7.05 Å². The van der Waals surface area contributed by atoms with Crippen LogP contribution in [0.15, 0.2) is 30.5 Å². The number of amides is 2. The molecular formula is C12H13ClN4O2. The minimum atomic E-state index is -0.399. The number of urea groups is 1. The molecule has 0 aliphatic rings. The molecule has 2 N–H and O–H groups in total. The summed E-state index contributed by atoms with van der Waals surface area (Å²) in [6, 6.07) is 6.27. The van der Waals surface area contributed by atoms with E-state index >= 15 is 0 Å². The third-order valence-corrected chi connectivity index (χ3v) is 2.71. The van der Waals surface area contributed by atoms with Gasteiger partial charge >= 0.3 is 6.03 Å². The lowest BCUT2D eigenvalue weighted by molar-refractivity contribution is 0.262. The largest absolute Gasteiger partial charge is 0.495 e. The minimum Gasteiger partial charge on any atom is -0.495 e. The molecular weight excluding hydrogens is 268 g/mol. The number of ether oxygens (including phenoxy) is 1. The Kier molecular flexibility index (Phi) is 3.91. The Balaban J connectivity index is 2.11. The number of carbonyl (C=O) groups is 1. The second-order valence-electron chi connectivity index (χ2n) is 3.76. The molecule has 1 aromatic heterocycles. The second kappa shape index (κ2) is 5.62. The van der Waals surface area contributed by atoms with E-state index in [0.717, 1.165) is 0 Å². The molecule has 0 saturated carbocycles. The normalized spacial score (nSPS) is 10.1. The predicted molar refractivity (Wildman–Crippen MR) is 73.9 cm³/mol. The number of nitrogens with zero attached hydrogens (tertiary/aromatic N) is 2. The van der Waals surface area contributed by atoms with Gasteiger partial charge in [-0.15, -0.1) is 0 Å². The molecule has 19 heavy (non-hydrogen) atoms. The molecule has 6 nitrogen and oxygen atoms in total. The fourth-order valence-corrected chi connectivity index (χ4v) is 1.72. The van der Waals surface area contributed by atoms with E-state index in [1.165, 1.54) is 7.11 Å². The maximum atomic E-state index is 11.8. The first-order valence-electron chi connectivity index (χ1n) is 5.49. The lowest BCUT2D eigenvalue weighted by atomic mass is 10.3. The van der Waals surface area contributed by atoms with Crippen molar-refractivity contribution in [1.82, 2.24) is 9.78 Å². The molecule has 0 aliphatic heterocycles. The van der Waals surface area contributed by atoms with Crippen molar-refractivity contribution >= 4 is 29.1 Å². The van der Waals surface area contributed by atoms with E-state index in [4.69, 9.17) is 16.3 Å². The van der Waals surface area contributed by atoms with Crippen molar-refractivity contribution in [2.75, 3.05) is 17.7 Å². The summed E-state index contributed by atoms with van der Waals surface area (Å²) in [5, 5.41) is 9.79. The van der Waals surface area contributed by atoms with Crippen molar-refractivity contribution in [3.05, 3.63) is 35.5 Å². The van der Waals surface area contributed by atoms with Gasteiger partial charge in [0.1, 0.15) is 11.6 Å². The monoisotopic (exact) mass is 280 g/mol. The molecule has 0 radical (unpaired) electrons. The number of methoxy groups -OCH3 is 1. The summed E-state index contributed by atoms with van der Waals surface area (Å²) in [7, 11) is 3.25. The van der Waals surface area contributed by atoms with Crippen LogP contribution in [0.2, 0.25) is 5.02 Å². The number of hydrogen-bond acceptors (Lipinski definition) is 3. The van der Waals surface area contributed by atoms with Crippen LogP contribution in [0.5, 0.6) is 5.75 Å². The predicted octanol–water partition coefficient (Wildman–Crippen LogP) is 2.73. The zero-order chi connectivity index (χ0) is 13.8. The highest BCUT2D eigenvalue weighted by molar-refractivity contribution is 6.31. The van der Waals surface area contributed by atoms with Crippen LogP contribution in [0.4, 0.5) is 16.3 Å². The highest BCUT2D eigenvalue weighted by atomic mass is 35.5. The van der Waals surface area contributed by atoms with Crippen LogP contribution in [0.1, 0.15) is 0 Å². The molecule has 2 aromatic rings. The van der Waals surface area contributed by atoms with Crippen molar-refractivity contribution in [2.24, 2.45) is 7.05 Å². The van der Waals surface area contributed by atoms with E-state index in [9.17, 15) is 4.79 Å². The smallest absolute Gasteiger partial charge is 0.324 e. The number of halogens is 1. The molecule has 0 aliphatic carbocycles. The lowest BCUT2D eigenvalue weighted by Crippen LogP contribution is -2.21. The Hall–Kier alpha value is -2.21. The zero-order valence-corrected chi connectivity index (χ0v) is 11.2. The van der Waals surface area contributed by atoms with Gasteiger partial charge in [0.2, 0.25) is 0 Å². The summed E-state index contributed by atoms with van der Waals surface area (Å²) < 4.78 is 6.69. The molecule has 0 fully saturated rings. The van der Waals surface area contributed by atoms with Crippen LogP contribution < -0.4 is 15.4 Å². The number of benzene rings is 1. The Morgan fingerprint density at radius 1 is 1.37 bits per heavy atom. The van der Waals surface area contributed by atoms with Gasteiger partial charge in [-0.1, -0.05) is 11.6 Å². The average Bonchev–Trinajstić information content (AvgIpc) is 2.75. The highest BCUT2D eigenvalue weighted by Crippen LogP contribution is 2.27. The summed E-state index contributed by atoms with van der Waals surface area (Å²) in [6.45, 7) is 0. The number of hydrogen-bond donors (Lipinski definition) is 2. The van der Waals surface area contributed by atoms with Crippen molar-refractivity contribution in [3.63, 3.8) is 0 Å². The molecule has 7 heteroatoms. The van der Waals surface area contributed by atoms with Gasteiger partial charge in [0, 0.05) is 18.1 Å². The van der Waals surface area contributed by atoms with Gasteiger partial charge < -0.3 is 10.1 Å². The molecule has 2 amide bonds. The number of carbonyl (C=O) groups excluding carboxylic acids is 1. The van der Waals surface area contributed by atoms with Gasteiger partial charge in [0.15, 0.2) is 0 Å². The van der Waals surface area contributed by atoms with Gasteiger partial charge in [-0.25, -0.2) is 4.79 Å². The highest BCUT2D eigenvalue weighted by Gasteiger charge is 2.09. The molecule has 0 unspecified atom stereocenters. The minimum absolute atomic E-state index is 0.399. The Morgan fingerprint density at radius 2 is 2.16 bits per heavy atom. The molecule has 0 saturated heterocycles. The fourth-order valence-electron chi connectivity index (χ4n) is 1.54. The second-order valence-corrected chi connectivity index (χ2v) is 4.20. The van der Waals surface area contributed by atoms with Crippen molar-refractivity contribution in [2.45, 2.75) is 0 Å². The van der Waals surface area contributed by atoms with E-state index < -0.39 is 6.03 Å². The van der Waals surface area contributed by atoms with E-state index in [1.807, 2.05) is 0 Å². The topological polar surface area (TPSA) is 68.2 Å². The Bertz CT molecular complexity index is 597. The van der Waals surface area contributed by atoms with Crippen molar-refractivity contribution < 1.29 is 9.53 Å². The van der Waals surface area contributed by atoms with Crippen LogP contribution in [0.25, 0.3) is 0 Å². The van der Waals surface area contributed by atoms with Gasteiger partial charge in [0.05, 0.1) is 19.0 Å². The number of nitrogens with one attached hydrogen (secondary N) is 2. The first kappa shape index (κ1) is 13.2. The molecule has 1 aromatic carbocycles. The SMILES string of the molecule is COc1ccc(Cl)cc1NC(=O)Nc1ccnn1C. The van der Waals surface area contributed by atoms with Gasteiger partial charge in [-0.05, 0) is 18.2 Å². The number of aromatic nitrogens is 2. The van der Waals surface area contributed by atoms with Crippen LogP contribution in [0, 0.1) is 0 Å². The molecule has 0 bridgehead atoms. The first-order valence-corrected chi connectivity index (χ1v) is 5.87. The van der Waals surface area contributed by atoms with E-state index in [1.54, 1.807) is 42.2 Å². The maximum absolute atomic E-state index is 11.8. The van der Waals surface area contributed by atoms with Crippen molar-refractivity contribution in [1.29, 1.82) is 0 Å². The van der Waals surface area contributed by atoms with E-state index in [-0.39, 0.29) is 0 Å². The van der Waals surface area contributed by atoms with Crippen LogP contribution in [0.3, 0.4) is 0 Å². The molecule has 0 spiro atoms. The maximum Gasteiger partial charge on any atom is 0.324 e. The average molecular weight is 281 g/mol. The van der Waals surface area contributed by atoms with Gasteiger partial charge in [-0.2, -0.15) is 5.10 Å². The summed E-state index contributed by atoms with van der Waals surface area (Å²) >= 11 is 5.88. The third-order valence-electron chi connectivity index (χ3n) is 2.47. The molecule has 2 rings (SSSR count). The molecule has 1 heterocycles. The number of anilines is 2. The fraction of sp³-hybridized carbons (Fsp3) is 0.167. The van der Waals surface area contributed by atoms with Crippen LogP contribution >= 0.6 is 11.6 Å². The standard InChI is InChI=1S/C12H13ClN4O2/c1-17-11(5-6-14-17)16-12(18)15-9-7-8(13)3-4-10(9)19-2/h3-7H,1-2H3,(H2,15,16,18). The van der Waals surface area contributed by atoms with Gasteiger partial charge in [0.25, 0.3) is 0 Å².